The second-order valence-electron chi connectivity index (χ2n) is 4.68. The maximum atomic E-state index is 12.8. The molecule has 1 N–H and O–H groups in total. The van der Waals surface area contributed by atoms with E-state index in [-0.39, 0.29) is 23.7 Å². The van der Waals surface area contributed by atoms with Crippen molar-refractivity contribution in [2.45, 2.75) is 5.92 Å². The highest BCUT2D eigenvalue weighted by atomic mass is 35.5. The van der Waals surface area contributed by atoms with Crippen molar-refractivity contribution in [3.05, 3.63) is 34.9 Å². The molecule has 1 saturated heterocycles. The van der Waals surface area contributed by atoms with Crippen molar-refractivity contribution in [1.29, 1.82) is 0 Å². The van der Waals surface area contributed by atoms with E-state index in [9.17, 15) is 13.6 Å². The van der Waals surface area contributed by atoms with Crippen LogP contribution in [0.2, 0.25) is 5.02 Å². The van der Waals surface area contributed by atoms with Crippen LogP contribution in [0.15, 0.2) is 24.3 Å². The number of anilines is 1. The summed E-state index contributed by atoms with van der Waals surface area (Å²) in [7, 11) is 0. The molecule has 0 bridgehead atoms. The van der Waals surface area contributed by atoms with E-state index in [0.29, 0.717) is 16.7 Å². The van der Waals surface area contributed by atoms with E-state index in [2.05, 4.69) is 4.98 Å². The van der Waals surface area contributed by atoms with Crippen LogP contribution in [0, 0.1) is 0 Å². The minimum Gasteiger partial charge on any atom is -0.478 e. The van der Waals surface area contributed by atoms with Crippen LogP contribution in [0.4, 0.5) is 14.6 Å². The molecule has 1 aromatic heterocycles. The van der Waals surface area contributed by atoms with Gasteiger partial charge in [-0.05, 0) is 24.3 Å². The molecule has 20 heavy (non-hydrogen) atoms. The Morgan fingerprint density at radius 2 is 2.00 bits per heavy atom. The number of aromatic nitrogens is 1. The largest absolute Gasteiger partial charge is 0.478 e. The van der Waals surface area contributed by atoms with E-state index in [0.717, 1.165) is 0 Å². The molecule has 0 atom stereocenters. The second-order valence-corrected chi connectivity index (χ2v) is 5.08. The maximum absolute atomic E-state index is 12.8. The summed E-state index contributed by atoms with van der Waals surface area (Å²) in [6, 6.07) is 6.09. The van der Waals surface area contributed by atoms with Crippen molar-refractivity contribution in [3.8, 4) is 0 Å². The summed E-state index contributed by atoms with van der Waals surface area (Å²) in [5.74, 6) is -3.42. The first kappa shape index (κ1) is 13.1. The normalized spacial score (nSPS) is 17.1. The zero-order valence-electron chi connectivity index (χ0n) is 10.1. The number of hydrogen-bond acceptors (Lipinski definition) is 3. The van der Waals surface area contributed by atoms with Crippen molar-refractivity contribution in [1.82, 2.24) is 4.98 Å². The van der Waals surface area contributed by atoms with Gasteiger partial charge in [0.25, 0.3) is 5.92 Å². The van der Waals surface area contributed by atoms with Crippen molar-refractivity contribution in [2.24, 2.45) is 0 Å². The highest BCUT2D eigenvalue weighted by Crippen LogP contribution is 2.33. The molecule has 0 aliphatic carbocycles. The number of halogens is 3. The quantitative estimate of drug-likeness (QED) is 0.926. The van der Waals surface area contributed by atoms with E-state index >= 15 is 0 Å². The molecule has 1 aliphatic rings. The van der Waals surface area contributed by atoms with E-state index in [1.54, 1.807) is 12.1 Å². The minimum absolute atomic E-state index is 0.0304. The lowest BCUT2D eigenvalue weighted by Gasteiger charge is -2.39. The second kappa shape index (κ2) is 4.28. The van der Waals surface area contributed by atoms with Crippen molar-refractivity contribution in [3.63, 3.8) is 0 Å². The summed E-state index contributed by atoms with van der Waals surface area (Å²) in [4.78, 5) is 16.8. The van der Waals surface area contributed by atoms with E-state index in [1.165, 1.54) is 17.0 Å². The van der Waals surface area contributed by atoms with Crippen LogP contribution in [0.25, 0.3) is 10.9 Å². The first-order valence-corrected chi connectivity index (χ1v) is 6.20. The minimum atomic E-state index is -2.68. The van der Waals surface area contributed by atoms with Gasteiger partial charge in [-0.1, -0.05) is 11.6 Å². The molecule has 0 spiro atoms. The smallest absolute Gasteiger partial charge is 0.337 e. The van der Waals surface area contributed by atoms with Gasteiger partial charge < -0.3 is 10.0 Å². The van der Waals surface area contributed by atoms with Crippen LogP contribution in [-0.2, 0) is 0 Å². The Balaban J connectivity index is 2.05. The Bertz CT molecular complexity index is 713. The van der Waals surface area contributed by atoms with E-state index in [1.807, 2.05) is 0 Å². The molecule has 0 unspecified atom stereocenters. The number of hydrogen-bond donors (Lipinski definition) is 1. The number of alkyl halides is 2. The SMILES string of the molecule is O=C(O)c1c(Cl)ccc2nc(N3CC(F)(F)C3)ccc12. The average Bonchev–Trinajstić information content (AvgIpc) is 2.34. The fourth-order valence-electron chi connectivity index (χ4n) is 2.23. The standard InChI is InChI=1S/C13H9ClF2N2O2/c14-8-2-3-9-7(11(8)12(19)20)1-4-10(17-9)18-5-13(15,16)6-18/h1-4H,5-6H2,(H,19,20). The number of carboxylic acids is 1. The molecule has 4 nitrogen and oxygen atoms in total. The van der Waals surface area contributed by atoms with Crippen LogP contribution in [0.5, 0.6) is 0 Å². The van der Waals surface area contributed by atoms with Crippen LogP contribution in [-0.4, -0.2) is 35.1 Å². The Morgan fingerprint density at radius 3 is 2.60 bits per heavy atom. The van der Waals surface area contributed by atoms with Gasteiger partial charge in [0.15, 0.2) is 0 Å². The highest BCUT2D eigenvalue weighted by Gasteiger charge is 2.44. The fraction of sp³-hybridized carbons (Fsp3) is 0.231. The Morgan fingerprint density at radius 1 is 1.30 bits per heavy atom. The van der Waals surface area contributed by atoms with Crippen LogP contribution in [0.1, 0.15) is 10.4 Å². The van der Waals surface area contributed by atoms with Gasteiger partial charge in [-0.2, -0.15) is 0 Å². The maximum Gasteiger partial charge on any atom is 0.337 e. The monoisotopic (exact) mass is 298 g/mol. The van der Waals surface area contributed by atoms with Crippen LogP contribution in [0.3, 0.4) is 0 Å². The van der Waals surface area contributed by atoms with Crippen LogP contribution >= 0.6 is 11.6 Å². The third-order valence-electron chi connectivity index (χ3n) is 3.19. The van der Waals surface area contributed by atoms with Gasteiger partial charge in [0.1, 0.15) is 5.82 Å². The molecule has 1 fully saturated rings. The Hall–Kier alpha value is -1.95. The summed E-state index contributed by atoms with van der Waals surface area (Å²) in [5, 5.41) is 9.66. The zero-order valence-corrected chi connectivity index (χ0v) is 10.9. The lowest BCUT2D eigenvalue weighted by molar-refractivity contribution is -0.0266. The summed E-state index contributed by atoms with van der Waals surface area (Å²) in [5.41, 5.74) is 0.386. The summed E-state index contributed by atoms with van der Waals surface area (Å²) >= 11 is 5.86. The first-order chi connectivity index (χ1) is 9.37. The Kier molecular flexibility index (Phi) is 2.79. The molecule has 0 radical (unpaired) electrons. The predicted molar refractivity (Wildman–Crippen MR) is 70.9 cm³/mol. The number of carbonyl (C=O) groups is 1. The summed E-state index contributed by atoms with van der Waals surface area (Å²) < 4.78 is 25.7. The topological polar surface area (TPSA) is 53.4 Å². The number of pyridine rings is 1. The zero-order chi connectivity index (χ0) is 14.5. The van der Waals surface area contributed by atoms with Crippen LogP contribution < -0.4 is 4.90 Å². The third-order valence-corrected chi connectivity index (χ3v) is 3.50. The molecule has 0 amide bonds. The van der Waals surface area contributed by atoms with Gasteiger partial charge in [0.05, 0.1) is 29.2 Å². The van der Waals surface area contributed by atoms with Gasteiger partial charge in [-0.25, -0.2) is 18.6 Å². The predicted octanol–water partition coefficient (Wildman–Crippen LogP) is 3.04. The first-order valence-electron chi connectivity index (χ1n) is 5.83. The molecule has 3 rings (SSSR count). The molecule has 2 heterocycles. The van der Waals surface area contributed by atoms with Gasteiger partial charge in [-0.3, -0.25) is 0 Å². The lowest BCUT2D eigenvalue weighted by atomic mass is 10.1. The Labute approximate surface area is 117 Å². The molecule has 7 heteroatoms. The van der Waals surface area contributed by atoms with Crippen molar-refractivity contribution in [2.75, 3.05) is 18.0 Å². The molecule has 0 saturated carbocycles. The van der Waals surface area contributed by atoms with Gasteiger partial charge in [-0.15, -0.1) is 0 Å². The van der Waals surface area contributed by atoms with Gasteiger partial charge in [0.2, 0.25) is 0 Å². The summed E-state index contributed by atoms with van der Waals surface area (Å²) in [6.45, 7) is -0.740. The highest BCUT2D eigenvalue weighted by molar-refractivity contribution is 6.35. The van der Waals surface area contributed by atoms with Crippen molar-refractivity contribution >= 4 is 34.3 Å². The number of fused-ring (bicyclic) bond motifs is 1. The van der Waals surface area contributed by atoms with Gasteiger partial charge >= 0.3 is 5.97 Å². The molecular formula is C13H9ClF2N2O2. The molecular weight excluding hydrogens is 290 g/mol. The van der Waals surface area contributed by atoms with E-state index in [4.69, 9.17) is 16.7 Å². The summed E-state index contributed by atoms with van der Waals surface area (Å²) in [6.07, 6.45) is 0. The number of rotatable bonds is 2. The van der Waals surface area contributed by atoms with E-state index < -0.39 is 11.9 Å². The number of nitrogens with zero attached hydrogens (tertiary/aromatic N) is 2. The lowest BCUT2D eigenvalue weighted by Crippen LogP contribution is -2.56. The third kappa shape index (κ3) is 2.06. The molecule has 1 aromatic carbocycles. The van der Waals surface area contributed by atoms with Gasteiger partial charge in [0, 0.05) is 5.39 Å². The molecule has 2 aromatic rings. The average molecular weight is 299 g/mol. The van der Waals surface area contributed by atoms with Crippen molar-refractivity contribution < 1.29 is 18.7 Å². The number of carboxylic acid groups (broad SMARTS) is 1. The fourth-order valence-corrected chi connectivity index (χ4v) is 2.48. The molecule has 1 aliphatic heterocycles. The molecule has 104 valence electrons. The number of aromatic carboxylic acids is 1. The number of benzene rings is 1.